The van der Waals surface area contributed by atoms with Crippen LogP contribution in [0.2, 0.25) is 0 Å². The van der Waals surface area contributed by atoms with Crippen LogP contribution in [-0.2, 0) is 0 Å². The third-order valence-electron chi connectivity index (χ3n) is 2.97. The fourth-order valence-corrected chi connectivity index (χ4v) is 1.94. The van der Waals surface area contributed by atoms with E-state index in [9.17, 15) is 5.11 Å². The number of ether oxygens (including phenoxy) is 2. The van der Waals surface area contributed by atoms with Gasteiger partial charge in [0.05, 0.1) is 25.6 Å². The zero-order valence-electron chi connectivity index (χ0n) is 13.3. The van der Waals surface area contributed by atoms with Gasteiger partial charge in [-0.05, 0) is 49.7 Å². The van der Waals surface area contributed by atoms with Crippen molar-refractivity contribution in [3.63, 3.8) is 0 Å². The highest BCUT2D eigenvalue weighted by Gasteiger charge is 2.04. The van der Waals surface area contributed by atoms with E-state index < -0.39 is 0 Å². The third kappa shape index (κ3) is 4.85. The van der Waals surface area contributed by atoms with E-state index in [0.29, 0.717) is 30.3 Å². The molecule has 1 N–H and O–H groups in total. The van der Waals surface area contributed by atoms with Crippen molar-refractivity contribution in [3.05, 3.63) is 53.6 Å². The van der Waals surface area contributed by atoms with Crippen LogP contribution in [0.25, 0.3) is 0 Å². The van der Waals surface area contributed by atoms with Crippen LogP contribution in [0.1, 0.15) is 25.0 Å². The molecule has 0 amide bonds. The highest BCUT2D eigenvalue weighted by molar-refractivity contribution is 5.85. The van der Waals surface area contributed by atoms with Crippen LogP contribution in [0.15, 0.2) is 52.7 Å². The van der Waals surface area contributed by atoms with Crippen LogP contribution in [0.4, 0.5) is 0 Å². The minimum atomic E-state index is 0.172. The largest absolute Gasteiger partial charge is 0.507 e. The first-order valence-electron chi connectivity index (χ1n) is 7.48. The SMILES string of the molecule is CCOc1ccc(/C=N\N=C\c2ccccc2O)cc1OCC. The predicted molar refractivity (Wildman–Crippen MR) is 92.1 cm³/mol. The summed E-state index contributed by atoms with van der Waals surface area (Å²) in [6.45, 7) is 5.00. The molecule has 0 aromatic heterocycles. The van der Waals surface area contributed by atoms with Gasteiger partial charge < -0.3 is 14.6 Å². The lowest BCUT2D eigenvalue weighted by Crippen LogP contribution is -1.99. The van der Waals surface area contributed by atoms with E-state index in [1.54, 1.807) is 24.4 Å². The Morgan fingerprint density at radius 3 is 2.35 bits per heavy atom. The van der Waals surface area contributed by atoms with Gasteiger partial charge in [0.1, 0.15) is 5.75 Å². The number of aromatic hydroxyl groups is 1. The number of phenols is 1. The Kier molecular flexibility index (Phi) is 6.17. The summed E-state index contributed by atoms with van der Waals surface area (Å²) in [7, 11) is 0. The molecule has 0 aliphatic heterocycles. The lowest BCUT2D eigenvalue weighted by atomic mass is 10.2. The molecule has 0 spiro atoms. The van der Waals surface area contributed by atoms with E-state index in [4.69, 9.17) is 9.47 Å². The first-order chi connectivity index (χ1) is 11.2. The molecule has 0 saturated heterocycles. The zero-order valence-corrected chi connectivity index (χ0v) is 13.3. The second kappa shape index (κ2) is 8.58. The Morgan fingerprint density at radius 1 is 0.913 bits per heavy atom. The Hall–Kier alpha value is -2.82. The zero-order chi connectivity index (χ0) is 16.5. The second-order valence-corrected chi connectivity index (χ2v) is 4.62. The van der Waals surface area contributed by atoms with Crippen LogP contribution < -0.4 is 9.47 Å². The second-order valence-electron chi connectivity index (χ2n) is 4.62. The Bertz CT molecular complexity index is 696. The van der Waals surface area contributed by atoms with E-state index in [2.05, 4.69) is 10.2 Å². The fraction of sp³-hybridized carbons (Fsp3) is 0.222. The van der Waals surface area contributed by atoms with Crippen LogP contribution in [0.5, 0.6) is 17.2 Å². The van der Waals surface area contributed by atoms with Crippen LogP contribution >= 0.6 is 0 Å². The van der Waals surface area contributed by atoms with Crippen molar-refractivity contribution < 1.29 is 14.6 Å². The summed E-state index contributed by atoms with van der Waals surface area (Å²) < 4.78 is 11.1. The van der Waals surface area contributed by atoms with Gasteiger partial charge in [-0.1, -0.05) is 12.1 Å². The molecule has 0 unspecified atom stereocenters. The lowest BCUT2D eigenvalue weighted by Gasteiger charge is -2.10. The van der Waals surface area contributed by atoms with E-state index in [0.717, 1.165) is 5.56 Å². The van der Waals surface area contributed by atoms with Crippen molar-refractivity contribution in [1.29, 1.82) is 0 Å². The summed E-state index contributed by atoms with van der Waals surface area (Å²) in [5.74, 6) is 1.57. The number of benzene rings is 2. The summed E-state index contributed by atoms with van der Waals surface area (Å²) in [5.41, 5.74) is 1.47. The van der Waals surface area contributed by atoms with Crippen molar-refractivity contribution in [1.82, 2.24) is 0 Å². The molecule has 5 nitrogen and oxygen atoms in total. The van der Waals surface area contributed by atoms with E-state index in [-0.39, 0.29) is 5.75 Å². The van der Waals surface area contributed by atoms with Crippen molar-refractivity contribution >= 4 is 12.4 Å². The first kappa shape index (κ1) is 16.5. The van der Waals surface area contributed by atoms with Crippen LogP contribution in [-0.4, -0.2) is 30.7 Å². The quantitative estimate of drug-likeness (QED) is 0.627. The van der Waals surface area contributed by atoms with Gasteiger partial charge in [0.25, 0.3) is 0 Å². The van der Waals surface area contributed by atoms with Crippen LogP contribution in [0.3, 0.4) is 0 Å². The molecule has 0 saturated carbocycles. The molecule has 0 radical (unpaired) electrons. The molecule has 0 fully saturated rings. The van der Waals surface area contributed by atoms with E-state index in [1.165, 1.54) is 6.21 Å². The molecule has 2 aromatic rings. The molecule has 2 aromatic carbocycles. The Balaban J connectivity index is 2.10. The molecular formula is C18H20N2O3. The number of rotatable bonds is 7. The lowest BCUT2D eigenvalue weighted by molar-refractivity contribution is 0.288. The molecule has 5 heteroatoms. The van der Waals surface area contributed by atoms with Crippen LogP contribution in [0, 0.1) is 0 Å². The molecule has 0 heterocycles. The smallest absolute Gasteiger partial charge is 0.161 e. The number of para-hydroxylation sites is 1. The Labute approximate surface area is 135 Å². The normalized spacial score (nSPS) is 11.2. The maximum absolute atomic E-state index is 9.63. The molecule has 0 bridgehead atoms. The fourth-order valence-electron chi connectivity index (χ4n) is 1.94. The minimum absolute atomic E-state index is 0.172. The average molecular weight is 312 g/mol. The number of hydrogen-bond donors (Lipinski definition) is 1. The summed E-state index contributed by atoms with van der Waals surface area (Å²) in [6, 6.07) is 12.5. The van der Waals surface area contributed by atoms with Gasteiger partial charge in [-0.3, -0.25) is 0 Å². The highest BCUT2D eigenvalue weighted by atomic mass is 16.5. The van der Waals surface area contributed by atoms with Gasteiger partial charge in [-0.15, -0.1) is 0 Å². The van der Waals surface area contributed by atoms with Gasteiger partial charge >= 0.3 is 0 Å². The van der Waals surface area contributed by atoms with Gasteiger partial charge in [0.15, 0.2) is 11.5 Å². The average Bonchev–Trinajstić information content (AvgIpc) is 2.56. The third-order valence-corrected chi connectivity index (χ3v) is 2.97. The summed E-state index contributed by atoms with van der Waals surface area (Å²) in [5, 5.41) is 17.6. The van der Waals surface area contributed by atoms with Crippen molar-refractivity contribution in [2.75, 3.05) is 13.2 Å². The van der Waals surface area contributed by atoms with Crippen molar-refractivity contribution in [3.8, 4) is 17.2 Å². The monoisotopic (exact) mass is 312 g/mol. The summed E-state index contributed by atoms with van der Waals surface area (Å²) in [4.78, 5) is 0. The number of phenolic OH excluding ortho intramolecular Hbond substituents is 1. The number of nitrogens with zero attached hydrogens (tertiary/aromatic N) is 2. The highest BCUT2D eigenvalue weighted by Crippen LogP contribution is 2.28. The Morgan fingerprint density at radius 2 is 1.61 bits per heavy atom. The molecule has 0 aliphatic rings. The molecule has 120 valence electrons. The maximum Gasteiger partial charge on any atom is 0.161 e. The maximum atomic E-state index is 9.63. The predicted octanol–water partition coefficient (Wildman–Crippen LogP) is 3.64. The number of hydrogen-bond acceptors (Lipinski definition) is 5. The first-order valence-corrected chi connectivity index (χ1v) is 7.48. The van der Waals surface area contributed by atoms with Gasteiger partial charge in [-0.25, -0.2) is 0 Å². The van der Waals surface area contributed by atoms with Crippen molar-refractivity contribution in [2.24, 2.45) is 10.2 Å². The molecule has 23 heavy (non-hydrogen) atoms. The van der Waals surface area contributed by atoms with Gasteiger partial charge in [0.2, 0.25) is 0 Å². The molecule has 2 rings (SSSR count). The summed E-state index contributed by atoms with van der Waals surface area (Å²) in [6.07, 6.45) is 3.12. The van der Waals surface area contributed by atoms with Gasteiger partial charge in [0, 0.05) is 5.56 Å². The van der Waals surface area contributed by atoms with Crippen molar-refractivity contribution in [2.45, 2.75) is 13.8 Å². The standard InChI is InChI=1S/C18H20N2O3/c1-3-22-17-10-9-14(11-18(17)23-4-2)12-19-20-13-15-7-5-6-8-16(15)21/h5-13,21H,3-4H2,1-2H3/b19-12-,20-13+. The molecular weight excluding hydrogens is 292 g/mol. The minimum Gasteiger partial charge on any atom is -0.507 e. The van der Waals surface area contributed by atoms with E-state index >= 15 is 0 Å². The summed E-state index contributed by atoms with van der Waals surface area (Å²) >= 11 is 0. The molecule has 0 atom stereocenters. The topological polar surface area (TPSA) is 63.4 Å². The molecule has 0 aliphatic carbocycles. The van der Waals surface area contributed by atoms with E-state index in [1.807, 2.05) is 38.1 Å². The van der Waals surface area contributed by atoms with Gasteiger partial charge in [-0.2, -0.15) is 10.2 Å².